The number of nitrogen functional groups attached to an aromatic ring is 1. The minimum Gasteiger partial charge on any atom is -0.444 e. The summed E-state index contributed by atoms with van der Waals surface area (Å²) in [6, 6.07) is 1.80. The van der Waals surface area contributed by atoms with Crippen molar-refractivity contribution in [3.63, 3.8) is 0 Å². The maximum Gasteiger partial charge on any atom is 0.410 e. The van der Waals surface area contributed by atoms with E-state index in [-0.39, 0.29) is 24.3 Å². The minimum absolute atomic E-state index is 0.0869. The molecule has 0 atom stereocenters. The summed E-state index contributed by atoms with van der Waals surface area (Å²) in [6.45, 7) is 13.2. The Morgan fingerprint density at radius 3 is 1.88 bits per heavy atom. The van der Waals surface area contributed by atoms with Gasteiger partial charge in [-0.2, -0.15) is 4.98 Å². The highest BCUT2D eigenvalue weighted by atomic mass is 35.5. The van der Waals surface area contributed by atoms with Crippen molar-refractivity contribution in [1.29, 1.82) is 0 Å². The van der Waals surface area contributed by atoms with Crippen LogP contribution in [-0.2, 0) is 9.47 Å². The molecular weight excluding hydrogens is 544 g/mol. The minimum atomic E-state index is -0.583. The van der Waals surface area contributed by atoms with Gasteiger partial charge in [0.15, 0.2) is 0 Å². The van der Waals surface area contributed by atoms with Gasteiger partial charge in [0, 0.05) is 37.8 Å². The summed E-state index contributed by atoms with van der Waals surface area (Å²) >= 11 is 6.00. The van der Waals surface area contributed by atoms with E-state index in [0.29, 0.717) is 48.9 Å². The summed E-state index contributed by atoms with van der Waals surface area (Å²) < 4.78 is 11.6. The lowest BCUT2D eigenvalue weighted by Gasteiger charge is -2.39. The van der Waals surface area contributed by atoms with Gasteiger partial charge in [0.25, 0.3) is 0 Å². The van der Waals surface area contributed by atoms with E-state index in [1.807, 2.05) is 51.3 Å². The number of rotatable bonds is 9. The number of nitrogens with zero attached hydrogens (tertiary/aromatic N) is 4. The summed E-state index contributed by atoms with van der Waals surface area (Å²) in [6.07, 6.45) is 9.26. The normalized spacial score (nSPS) is 20.3. The van der Waals surface area contributed by atoms with Crippen LogP contribution in [0.3, 0.4) is 0 Å². The Balaban J connectivity index is 1.60. The molecule has 0 saturated heterocycles. The van der Waals surface area contributed by atoms with Gasteiger partial charge in [0.1, 0.15) is 22.2 Å². The molecule has 41 heavy (non-hydrogen) atoms. The van der Waals surface area contributed by atoms with Crippen LogP contribution in [0.15, 0.2) is 6.07 Å². The largest absolute Gasteiger partial charge is 0.444 e. The summed E-state index contributed by atoms with van der Waals surface area (Å²) in [5, 5.41) is 3.57. The molecule has 0 bridgehead atoms. The quantitative estimate of drug-likeness (QED) is 0.297. The number of hydrogen-bond donors (Lipinski definition) is 2. The van der Waals surface area contributed by atoms with Gasteiger partial charge in [-0.3, -0.25) is 0 Å². The van der Waals surface area contributed by atoms with Crippen LogP contribution in [-0.4, -0.2) is 74.9 Å². The molecule has 2 amide bonds. The van der Waals surface area contributed by atoms with E-state index in [2.05, 4.69) is 15.3 Å². The fraction of sp³-hybridized carbons (Fsp3) is 0.800. The third-order valence-corrected chi connectivity index (χ3v) is 7.78. The SMILES string of the molecule is CC(C)(C)OC(=O)N(CCCN(C(=O)OC(C)(C)C)[C@H]1CC[C@@H](CNc2nc(N)cc(Cl)n2)CC1)C1CCCCC1. The van der Waals surface area contributed by atoms with Gasteiger partial charge in [0.05, 0.1) is 0 Å². The van der Waals surface area contributed by atoms with E-state index in [0.717, 1.165) is 51.4 Å². The van der Waals surface area contributed by atoms with Crippen molar-refractivity contribution in [1.82, 2.24) is 19.8 Å². The zero-order chi connectivity index (χ0) is 30.2. The molecule has 0 unspecified atom stereocenters. The predicted octanol–water partition coefficient (Wildman–Crippen LogP) is 6.88. The first-order valence-corrected chi connectivity index (χ1v) is 15.6. The van der Waals surface area contributed by atoms with Crippen LogP contribution in [0.1, 0.15) is 106 Å². The molecule has 3 rings (SSSR count). The summed E-state index contributed by atoms with van der Waals surface area (Å²) in [7, 11) is 0. The van der Waals surface area contributed by atoms with Crippen molar-refractivity contribution in [3.8, 4) is 0 Å². The average molecular weight is 595 g/mol. The summed E-state index contributed by atoms with van der Waals surface area (Å²) in [5.41, 5.74) is 4.65. The molecule has 1 heterocycles. The van der Waals surface area contributed by atoms with Crippen LogP contribution < -0.4 is 11.1 Å². The monoisotopic (exact) mass is 594 g/mol. The van der Waals surface area contributed by atoms with Crippen LogP contribution in [0, 0.1) is 5.92 Å². The van der Waals surface area contributed by atoms with Crippen LogP contribution in [0.4, 0.5) is 21.4 Å². The number of aromatic nitrogens is 2. The molecule has 10 nitrogen and oxygen atoms in total. The molecule has 2 aliphatic carbocycles. The summed E-state index contributed by atoms with van der Waals surface area (Å²) in [4.78, 5) is 38.7. The molecule has 0 spiro atoms. The number of amides is 2. The number of halogens is 1. The Labute approximate surface area is 251 Å². The molecule has 0 aliphatic heterocycles. The molecule has 2 fully saturated rings. The van der Waals surface area contributed by atoms with Crippen molar-refractivity contribution in [2.24, 2.45) is 5.92 Å². The summed E-state index contributed by atoms with van der Waals surface area (Å²) in [5.74, 6) is 1.18. The maximum absolute atomic E-state index is 13.4. The van der Waals surface area contributed by atoms with Crippen LogP contribution >= 0.6 is 11.6 Å². The Morgan fingerprint density at radius 1 is 0.878 bits per heavy atom. The molecule has 2 aliphatic rings. The number of nitrogens with two attached hydrogens (primary N) is 1. The highest BCUT2D eigenvalue weighted by Gasteiger charge is 2.33. The molecule has 11 heteroatoms. The highest BCUT2D eigenvalue weighted by Crippen LogP contribution is 2.30. The lowest BCUT2D eigenvalue weighted by atomic mass is 9.85. The van der Waals surface area contributed by atoms with Crippen molar-refractivity contribution in [3.05, 3.63) is 11.2 Å². The van der Waals surface area contributed by atoms with E-state index < -0.39 is 11.2 Å². The van der Waals surface area contributed by atoms with Crippen LogP contribution in [0.25, 0.3) is 0 Å². The first-order chi connectivity index (χ1) is 19.2. The van der Waals surface area contributed by atoms with Gasteiger partial charge in [-0.05, 0) is 92.4 Å². The molecule has 2 saturated carbocycles. The first kappa shape index (κ1) is 33.0. The lowest BCUT2D eigenvalue weighted by molar-refractivity contribution is 0.00471. The maximum atomic E-state index is 13.4. The number of carbonyl (C=O) groups is 2. The zero-order valence-corrected chi connectivity index (χ0v) is 26.6. The third-order valence-electron chi connectivity index (χ3n) is 7.59. The average Bonchev–Trinajstić information content (AvgIpc) is 2.86. The Bertz CT molecular complexity index is 977. The molecule has 232 valence electrons. The van der Waals surface area contributed by atoms with Crippen molar-refractivity contribution in [2.45, 2.75) is 129 Å². The fourth-order valence-electron chi connectivity index (χ4n) is 5.70. The van der Waals surface area contributed by atoms with Gasteiger partial charge in [0.2, 0.25) is 5.95 Å². The van der Waals surface area contributed by atoms with Gasteiger partial charge in [-0.25, -0.2) is 14.6 Å². The Hall–Kier alpha value is -2.49. The van der Waals surface area contributed by atoms with E-state index in [1.54, 1.807) is 0 Å². The lowest BCUT2D eigenvalue weighted by Crippen LogP contribution is -2.48. The molecule has 3 N–H and O–H groups in total. The standard InChI is InChI=1S/C30H51ClN6O4/c1-29(2,3)40-27(38)36(22-11-8-7-9-12-22)17-10-18-37(28(39)41-30(4,5)6)23-15-13-21(14-16-23)20-33-26-34-24(31)19-25(32)35-26/h19,21-23H,7-18,20H2,1-6H3,(H3,32,33,34,35)/t21-,23+. The fourth-order valence-corrected chi connectivity index (χ4v) is 5.89. The van der Waals surface area contributed by atoms with Crippen LogP contribution in [0.5, 0.6) is 0 Å². The van der Waals surface area contributed by atoms with Crippen LogP contribution in [0.2, 0.25) is 5.15 Å². The Kier molecular flexibility index (Phi) is 11.8. The molecule has 0 aromatic carbocycles. The van der Waals surface area contributed by atoms with Gasteiger partial charge in [-0.15, -0.1) is 0 Å². The van der Waals surface area contributed by atoms with Gasteiger partial charge >= 0.3 is 12.2 Å². The molecule has 1 aromatic rings. The second kappa shape index (κ2) is 14.6. The van der Waals surface area contributed by atoms with E-state index in [4.69, 9.17) is 26.8 Å². The predicted molar refractivity (Wildman–Crippen MR) is 163 cm³/mol. The smallest absolute Gasteiger partial charge is 0.410 e. The van der Waals surface area contributed by atoms with Gasteiger partial charge in [-0.1, -0.05) is 30.9 Å². The van der Waals surface area contributed by atoms with Gasteiger partial charge < -0.3 is 30.3 Å². The molecule has 0 radical (unpaired) electrons. The third kappa shape index (κ3) is 11.4. The second-order valence-corrected chi connectivity index (χ2v) is 13.9. The number of ether oxygens (including phenoxy) is 2. The number of anilines is 2. The number of nitrogens with one attached hydrogen (secondary N) is 1. The van der Waals surface area contributed by atoms with Crippen molar-refractivity contribution >= 4 is 35.6 Å². The second-order valence-electron chi connectivity index (χ2n) is 13.5. The highest BCUT2D eigenvalue weighted by molar-refractivity contribution is 6.29. The van der Waals surface area contributed by atoms with E-state index in [1.165, 1.54) is 12.5 Å². The van der Waals surface area contributed by atoms with Crippen molar-refractivity contribution in [2.75, 3.05) is 30.7 Å². The number of hydrogen-bond acceptors (Lipinski definition) is 8. The molecular formula is C30H51ClN6O4. The topological polar surface area (TPSA) is 123 Å². The first-order valence-electron chi connectivity index (χ1n) is 15.2. The number of carbonyl (C=O) groups excluding carboxylic acids is 2. The van der Waals surface area contributed by atoms with E-state index in [9.17, 15) is 9.59 Å². The Morgan fingerprint density at radius 2 is 1.39 bits per heavy atom. The molecule has 1 aromatic heterocycles. The zero-order valence-electron chi connectivity index (χ0n) is 25.9. The van der Waals surface area contributed by atoms with Crippen molar-refractivity contribution < 1.29 is 19.1 Å². The van der Waals surface area contributed by atoms with E-state index >= 15 is 0 Å².